The second-order valence-corrected chi connectivity index (χ2v) is 3.38. The lowest BCUT2D eigenvalue weighted by Gasteiger charge is -2.07. The number of esters is 1. The molecular weight excluding hydrogens is 206 g/mol. The normalized spacial score (nSPS) is 9.88. The molecule has 0 heterocycles. The number of rotatable bonds is 5. The molecule has 1 rings (SSSR count). The summed E-state index contributed by atoms with van der Waals surface area (Å²) in [6.45, 7) is 2.22. The molecule has 0 aromatic heterocycles. The lowest BCUT2D eigenvalue weighted by atomic mass is 10.1. The summed E-state index contributed by atoms with van der Waals surface area (Å²) >= 11 is 0. The van der Waals surface area contributed by atoms with Gasteiger partial charge >= 0.3 is 5.97 Å². The van der Waals surface area contributed by atoms with Crippen LogP contribution < -0.4 is 10.5 Å². The number of nitrogen functional groups attached to an aromatic ring is 1. The van der Waals surface area contributed by atoms with Gasteiger partial charge in [-0.3, -0.25) is 4.79 Å². The van der Waals surface area contributed by atoms with Gasteiger partial charge in [0.2, 0.25) is 0 Å². The molecular formula is C12H17NO3. The number of methoxy groups -OCH3 is 1. The summed E-state index contributed by atoms with van der Waals surface area (Å²) < 4.78 is 9.89. The first-order valence-electron chi connectivity index (χ1n) is 5.25. The number of hydrogen-bond donors (Lipinski definition) is 1. The van der Waals surface area contributed by atoms with Gasteiger partial charge < -0.3 is 15.2 Å². The maximum Gasteiger partial charge on any atom is 0.306 e. The maximum absolute atomic E-state index is 11.1. The van der Waals surface area contributed by atoms with Crippen LogP contribution in [0.15, 0.2) is 18.2 Å². The van der Waals surface area contributed by atoms with Crippen molar-refractivity contribution in [1.29, 1.82) is 0 Å². The molecule has 0 bridgehead atoms. The molecule has 2 N–H and O–H groups in total. The molecule has 1 aromatic carbocycles. The van der Waals surface area contributed by atoms with Crippen molar-refractivity contribution in [3.05, 3.63) is 23.8 Å². The highest BCUT2D eigenvalue weighted by atomic mass is 16.5. The number of benzene rings is 1. The lowest BCUT2D eigenvalue weighted by Crippen LogP contribution is -2.05. The number of carbonyl (C=O) groups is 1. The Hall–Kier alpha value is -1.71. The van der Waals surface area contributed by atoms with E-state index in [9.17, 15) is 4.79 Å². The molecule has 0 radical (unpaired) electrons. The third-order valence-corrected chi connectivity index (χ3v) is 2.22. The van der Waals surface area contributed by atoms with Gasteiger partial charge in [0.1, 0.15) is 5.75 Å². The van der Waals surface area contributed by atoms with E-state index in [1.165, 1.54) is 0 Å². The average Bonchev–Trinajstić information content (AvgIpc) is 2.27. The van der Waals surface area contributed by atoms with E-state index in [4.69, 9.17) is 15.2 Å². The topological polar surface area (TPSA) is 61.5 Å². The third kappa shape index (κ3) is 3.46. The minimum Gasteiger partial charge on any atom is -0.495 e. The average molecular weight is 223 g/mol. The quantitative estimate of drug-likeness (QED) is 0.610. The maximum atomic E-state index is 11.1. The molecule has 0 fully saturated rings. The summed E-state index contributed by atoms with van der Waals surface area (Å²) in [4.78, 5) is 11.1. The Morgan fingerprint density at radius 3 is 2.75 bits per heavy atom. The van der Waals surface area contributed by atoms with Crippen LogP contribution in [0.25, 0.3) is 0 Å². The summed E-state index contributed by atoms with van der Waals surface area (Å²) in [5, 5.41) is 0. The van der Waals surface area contributed by atoms with Gasteiger partial charge in [0.25, 0.3) is 0 Å². The molecule has 0 atom stereocenters. The largest absolute Gasteiger partial charge is 0.495 e. The van der Waals surface area contributed by atoms with E-state index in [0.29, 0.717) is 30.9 Å². The summed E-state index contributed by atoms with van der Waals surface area (Å²) in [5.74, 6) is 0.469. The Labute approximate surface area is 95.3 Å². The van der Waals surface area contributed by atoms with E-state index in [1.54, 1.807) is 20.1 Å². The Kier molecular flexibility index (Phi) is 4.64. The molecule has 0 amide bonds. The van der Waals surface area contributed by atoms with Gasteiger partial charge in [0.15, 0.2) is 0 Å². The van der Waals surface area contributed by atoms with Crippen LogP contribution in [-0.2, 0) is 16.0 Å². The van der Waals surface area contributed by atoms with Crippen LogP contribution in [0.5, 0.6) is 5.75 Å². The minimum atomic E-state index is -0.183. The summed E-state index contributed by atoms with van der Waals surface area (Å²) in [6, 6.07) is 5.52. The van der Waals surface area contributed by atoms with Crippen molar-refractivity contribution in [2.24, 2.45) is 0 Å². The predicted octanol–water partition coefficient (Wildman–Crippen LogP) is 1.77. The monoisotopic (exact) mass is 223 g/mol. The molecule has 4 heteroatoms. The highest BCUT2D eigenvalue weighted by Crippen LogP contribution is 2.22. The van der Waals surface area contributed by atoms with Crippen molar-refractivity contribution in [2.45, 2.75) is 19.8 Å². The van der Waals surface area contributed by atoms with E-state index in [1.807, 2.05) is 12.1 Å². The van der Waals surface area contributed by atoms with Crippen molar-refractivity contribution in [3.63, 3.8) is 0 Å². The molecule has 1 aromatic rings. The van der Waals surface area contributed by atoms with Gasteiger partial charge in [-0.2, -0.15) is 0 Å². The first-order chi connectivity index (χ1) is 7.67. The number of ether oxygens (including phenoxy) is 2. The number of hydrogen-bond acceptors (Lipinski definition) is 4. The molecule has 0 aliphatic rings. The highest BCUT2D eigenvalue weighted by molar-refractivity contribution is 5.69. The second kappa shape index (κ2) is 6.00. The molecule has 88 valence electrons. The second-order valence-electron chi connectivity index (χ2n) is 3.38. The first-order valence-corrected chi connectivity index (χ1v) is 5.25. The van der Waals surface area contributed by atoms with Crippen molar-refractivity contribution < 1.29 is 14.3 Å². The molecule has 0 aliphatic heterocycles. The highest BCUT2D eigenvalue weighted by Gasteiger charge is 2.04. The molecule has 16 heavy (non-hydrogen) atoms. The third-order valence-electron chi connectivity index (χ3n) is 2.22. The fraction of sp³-hybridized carbons (Fsp3) is 0.417. The van der Waals surface area contributed by atoms with E-state index in [0.717, 1.165) is 5.56 Å². The Morgan fingerprint density at radius 1 is 1.44 bits per heavy atom. The minimum absolute atomic E-state index is 0.183. The van der Waals surface area contributed by atoms with E-state index >= 15 is 0 Å². The predicted molar refractivity (Wildman–Crippen MR) is 62.4 cm³/mol. The van der Waals surface area contributed by atoms with Crippen molar-refractivity contribution >= 4 is 11.7 Å². The van der Waals surface area contributed by atoms with Gasteiger partial charge in [0.05, 0.1) is 19.4 Å². The van der Waals surface area contributed by atoms with Crippen LogP contribution in [0.4, 0.5) is 5.69 Å². The van der Waals surface area contributed by atoms with Crippen molar-refractivity contribution in [2.75, 3.05) is 19.5 Å². The first kappa shape index (κ1) is 12.4. The molecule has 0 aliphatic carbocycles. The molecule has 0 saturated carbocycles. The molecule has 0 saturated heterocycles. The Bertz CT molecular complexity index is 363. The van der Waals surface area contributed by atoms with Crippen LogP contribution in [0, 0.1) is 0 Å². The summed E-state index contributed by atoms with van der Waals surface area (Å²) in [6.07, 6.45) is 1.01. The Morgan fingerprint density at radius 2 is 2.19 bits per heavy atom. The molecule has 4 nitrogen and oxygen atoms in total. The van der Waals surface area contributed by atoms with Crippen LogP contribution >= 0.6 is 0 Å². The summed E-state index contributed by atoms with van der Waals surface area (Å²) in [7, 11) is 1.57. The van der Waals surface area contributed by atoms with Gasteiger partial charge in [0, 0.05) is 6.42 Å². The number of anilines is 1. The standard InChI is InChI=1S/C12H17NO3/c1-3-16-12(14)7-5-9-4-6-11(15-2)10(13)8-9/h4,6,8H,3,5,7,13H2,1-2H3. The number of nitrogens with two attached hydrogens (primary N) is 1. The zero-order valence-electron chi connectivity index (χ0n) is 9.66. The van der Waals surface area contributed by atoms with Crippen LogP contribution in [0.2, 0.25) is 0 Å². The van der Waals surface area contributed by atoms with E-state index in [-0.39, 0.29) is 5.97 Å². The zero-order valence-corrected chi connectivity index (χ0v) is 9.66. The van der Waals surface area contributed by atoms with Gasteiger partial charge in [-0.25, -0.2) is 0 Å². The number of aryl methyl sites for hydroxylation is 1. The fourth-order valence-electron chi connectivity index (χ4n) is 1.42. The number of carbonyl (C=O) groups excluding carboxylic acids is 1. The van der Waals surface area contributed by atoms with Crippen LogP contribution in [0.3, 0.4) is 0 Å². The van der Waals surface area contributed by atoms with Crippen LogP contribution in [-0.4, -0.2) is 19.7 Å². The van der Waals surface area contributed by atoms with Gasteiger partial charge in [-0.15, -0.1) is 0 Å². The SMILES string of the molecule is CCOC(=O)CCc1ccc(OC)c(N)c1. The molecule has 0 unspecified atom stereocenters. The van der Waals surface area contributed by atoms with Crippen molar-refractivity contribution in [3.8, 4) is 5.75 Å². The van der Waals surface area contributed by atoms with E-state index < -0.39 is 0 Å². The lowest BCUT2D eigenvalue weighted by molar-refractivity contribution is -0.143. The smallest absolute Gasteiger partial charge is 0.306 e. The van der Waals surface area contributed by atoms with Gasteiger partial charge in [-0.1, -0.05) is 6.07 Å². The Balaban J connectivity index is 2.55. The van der Waals surface area contributed by atoms with Crippen LogP contribution in [0.1, 0.15) is 18.9 Å². The van der Waals surface area contributed by atoms with Gasteiger partial charge in [-0.05, 0) is 31.0 Å². The van der Waals surface area contributed by atoms with Crippen molar-refractivity contribution in [1.82, 2.24) is 0 Å². The molecule has 0 spiro atoms. The zero-order chi connectivity index (χ0) is 12.0. The fourth-order valence-corrected chi connectivity index (χ4v) is 1.42. The summed E-state index contributed by atoms with van der Waals surface area (Å²) in [5.41, 5.74) is 7.35. The van der Waals surface area contributed by atoms with E-state index in [2.05, 4.69) is 0 Å².